The summed E-state index contributed by atoms with van der Waals surface area (Å²) < 4.78 is 12.8. The van der Waals surface area contributed by atoms with E-state index in [1.54, 1.807) is 0 Å². The van der Waals surface area contributed by atoms with Crippen LogP contribution in [0.2, 0.25) is 0 Å². The van der Waals surface area contributed by atoms with Crippen LogP contribution < -0.4 is 0 Å². The first kappa shape index (κ1) is 36.3. The van der Waals surface area contributed by atoms with Crippen molar-refractivity contribution in [2.45, 2.75) is 13.3 Å². The third kappa shape index (κ3) is 5.76. The first-order valence-electron chi connectivity index (χ1n) is 21.9. The minimum Gasteiger partial charge on any atom is -0.456 e. The van der Waals surface area contributed by atoms with Gasteiger partial charge in [0.15, 0.2) is 5.82 Å². The average Bonchev–Trinajstić information content (AvgIpc) is 3.93. The van der Waals surface area contributed by atoms with Crippen LogP contribution in [0.15, 0.2) is 209 Å². The summed E-state index contributed by atoms with van der Waals surface area (Å²) in [5.41, 5.74) is 14.2. The molecule has 0 aliphatic heterocycles. The molecular formula is C60H38N2O2. The van der Waals surface area contributed by atoms with Crippen LogP contribution in [0.5, 0.6) is 0 Å². The van der Waals surface area contributed by atoms with Gasteiger partial charge in [0, 0.05) is 43.8 Å². The van der Waals surface area contributed by atoms with E-state index in [1.807, 2.05) is 18.2 Å². The molecule has 0 aliphatic rings. The number of nitrogens with zero attached hydrogens (tertiary/aromatic N) is 2. The van der Waals surface area contributed by atoms with Crippen molar-refractivity contribution in [1.82, 2.24) is 9.97 Å². The number of hydrogen-bond acceptors (Lipinski definition) is 4. The molecule has 0 atom stereocenters. The van der Waals surface area contributed by atoms with E-state index in [-0.39, 0.29) is 0 Å². The van der Waals surface area contributed by atoms with Gasteiger partial charge in [-0.15, -0.1) is 0 Å². The molecule has 3 aromatic heterocycles. The quantitative estimate of drug-likeness (QED) is 0.157. The molecular weight excluding hydrogens is 781 g/mol. The molecule has 13 aromatic rings. The van der Waals surface area contributed by atoms with Crippen molar-refractivity contribution >= 4 is 76.2 Å². The van der Waals surface area contributed by atoms with Crippen LogP contribution in [0.1, 0.15) is 12.5 Å². The van der Waals surface area contributed by atoms with Crippen molar-refractivity contribution in [2.24, 2.45) is 0 Å². The minimum absolute atomic E-state index is 0.682. The van der Waals surface area contributed by atoms with Gasteiger partial charge in [-0.2, -0.15) is 0 Å². The van der Waals surface area contributed by atoms with Crippen LogP contribution in [0, 0.1) is 0 Å². The summed E-state index contributed by atoms with van der Waals surface area (Å²) in [4.78, 5) is 10.7. The lowest BCUT2D eigenvalue weighted by Gasteiger charge is -2.16. The molecule has 0 saturated carbocycles. The summed E-state index contributed by atoms with van der Waals surface area (Å²) in [6.45, 7) is 2.20. The summed E-state index contributed by atoms with van der Waals surface area (Å²) in [5.74, 6) is 0.682. The van der Waals surface area contributed by atoms with E-state index in [1.165, 1.54) is 32.7 Å². The van der Waals surface area contributed by atoms with Crippen LogP contribution in [0.25, 0.3) is 132 Å². The topological polar surface area (TPSA) is 52.1 Å². The van der Waals surface area contributed by atoms with Crippen LogP contribution in [-0.2, 0) is 6.42 Å². The van der Waals surface area contributed by atoms with Gasteiger partial charge < -0.3 is 8.83 Å². The van der Waals surface area contributed by atoms with Crippen molar-refractivity contribution in [3.8, 4) is 56.2 Å². The number of hydrogen-bond donors (Lipinski definition) is 0. The summed E-state index contributed by atoms with van der Waals surface area (Å²) >= 11 is 0. The maximum Gasteiger partial charge on any atom is 0.160 e. The summed E-state index contributed by atoms with van der Waals surface area (Å²) in [5, 5.41) is 11.6. The lowest BCUT2D eigenvalue weighted by molar-refractivity contribution is 0.668. The number of para-hydroxylation sites is 1. The molecule has 4 heteroatoms. The highest BCUT2D eigenvalue weighted by Crippen LogP contribution is 2.42. The lowest BCUT2D eigenvalue weighted by atomic mass is 9.91. The van der Waals surface area contributed by atoms with Crippen molar-refractivity contribution in [3.05, 3.63) is 206 Å². The highest BCUT2D eigenvalue weighted by Gasteiger charge is 2.20. The molecule has 64 heavy (non-hydrogen) atoms. The number of benzene rings is 10. The number of fused-ring (bicyclic) bond motifs is 10. The van der Waals surface area contributed by atoms with Gasteiger partial charge >= 0.3 is 0 Å². The van der Waals surface area contributed by atoms with Crippen molar-refractivity contribution in [1.29, 1.82) is 0 Å². The lowest BCUT2D eigenvalue weighted by Crippen LogP contribution is -2.02. The summed E-state index contributed by atoms with van der Waals surface area (Å²) in [6.07, 6.45) is 0.774. The molecule has 0 aliphatic carbocycles. The molecule has 0 unspecified atom stereocenters. The van der Waals surface area contributed by atoms with Crippen LogP contribution in [-0.4, -0.2) is 9.97 Å². The molecule has 300 valence electrons. The molecule has 0 N–H and O–H groups in total. The monoisotopic (exact) mass is 818 g/mol. The number of aromatic nitrogens is 2. The molecule has 0 bridgehead atoms. The van der Waals surface area contributed by atoms with Gasteiger partial charge in [-0.3, -0.25) is 0 Å². The van der Waals surface area contributed by atoms with Crippen LogP contribution >= 0.6 is 0 Å². The van der Waals surface area contributed by atoms with Gasteiger partial charge in [-0.05, 0) is 122 Å². The maximum atomic E-state index is 6.57. The smallest absolute Gasteiger partial charge is 0.160 e. The summed E-state index contributed by atoms with van der Waals surface area (Å²) in [7, 11) is 0. The fourth-order valence-corrected chi connectivity index (χ4v) is 9.98. The highest BCUT2D eigenvalue weighted by atomic mass is 16.3. The van der Waals surface area contributed by atoms with Gasteiger partial charge in [0.05, 0.1) is 11.4 Å². The molecule has 10 aromatic carbocycles. The van der Waals surface area contributed by atoms with Gasteiger partial charge in [0.25, 0.3) is 0 Å². The molecule has 0 radical (unpaired) electrons. The van der Waals surface area contributed by atoms with E-state index in [0.29, 0.717) is 5.82 Å². The number of rotatable bonds is 6. The maximum absolute atomic E-state index is 6.57. The fourth-order valence-electron chi connectivity index (χ4n) is 9.98. The van der Waals surface area contributed by atoms with Crippen molar-refractivity contribution in [3.63, 3.8) is 0 Å². The molecule has 0 amide bonds. The zero-order valence-electron chi connectivity index (χ0n) is 35.0. The zero-order chi connectivity index (χ0) is 42.3. The average molecular weight is 819 g/mol. The van der Waals surface area contributed by atoms with Gasteiger partial charge in [-0.25, -0.2) is 9.97 Å². The molecule has 3 heterocycles. The predicted molar refractivity (Wildman–Crippen MR) is 266 cm³/mol. The van der Waals surface area contributed by atoms with Crippen molar-refractivity contribution in [2.75, 3.05) is 0 Å². The Bertz CT molecular complexity index is 4010. The van der Waals surface area contributed by atoms with Gasteiger partial charge in [-0.1, -0.05) is 146 Å². The van der Waals surface area contributed by atoms with E-state index < -0.39 is 0 Å². The van der Waals surface area contributed by atoms with E-state index >= 15 is 0 Å². The Morgan fingerprint density at radius 2 is 0.938 bits per heavy atom. The first-order chi connectivity index (χ1) is 31.6. The Morgan fingerprint density at radius 1 is 0.344 bits per heavy atom. The number of furan rings is 2. The van der Waals surface area contributed by atoms with E-state index in [4.69, 9.17) is 18.8 Å². The van der Waals surface area contributed by atoms with Gasteiger partial charge in [0.1, 0.15) is 22.3 Å². The molecule has 4 nitrogen and oxygen atoms in total. The fraction of sp³-hybridized carbons (Fsp3) is 0.0333. The minimum atomic E-state index is 0.682. The predicted octanol–water partition coefficient (Wildman–Crippen LogP) is 16.6. The Balaban J connectivity index is 0.966. The van der Waals surface area contributed by atoms with E-state index in [9.17, 15) is 0 Å². The molecule has 0 spiro atoms. The first-order valence-corrected chi connectivity index (χ1v) is 21.9. The Hall–Kier alpha value is -8.34. The Labute approximate surface area is 368 Å². The Kier molecular flexibility index (Phi) is 8.16. The third-order valence-electron chi connectivity index (χ3n) is 13.0. The standard InChI is InChI=1S/C60H38N2O2/c1-2-44-58(37-13-4-3-5-14-37)61-60(42-28-30-54-51(35-42)49-19-10-11-21-53(49)63-54)62-59(44)41-26-24-36-23-25-39(31-43(36)32-41)46-20-12-22-56-57(46)52-34-40(27-29-55(52)64-56)50-33-38-15-6-7-16-45(38)47-17-8-9-18-48(47)50/h3-35H,2H2,1H3. The Morgan fingerprint density at radius 3 is 1.78 bits per heavy atom. The molecule has 0 saturated heterocycles. The normalized spacial score (nSPS) is 11.9. The van der Waals surface area contributed by atoms with E-state index in [0.717, 1.165) is 106 Å². The van der Waals surface area contributed by atoms with Gasteiger partial charge in [0.2, 0.25) is 0 Å². The van der Waals surface area contributed by atoms with Crippen molar-refractivity contribution < 1.29 is 8.83 Å². The third-order valence-corrected chi connectivity index (χ3v) is 13.0. The van der Waals surface area contributed by atoms with Crippen LogP contribution in [0.3, 0.4) is 0 Å². The second kappa shape index (κ2) is 14.4. The molecule has 0 fully saturated rings. The largest absolute Gasteiger partial charge is 0.456 e. The second-order valence-electron chi connectivity index (χ2n) is 16.7. The second-order valence-corrected chi connectivity index (χ2v) is 16.7. The highest BCUT2D eigenvalue weighted by molar-refractivity contribution is 6.17. The van der Waals surface area contributed by atoms with Crippen LogP contribution in [0.4, 0.5) is 0 Å². The SMILES string of the molecule is CCc1c(-c2ccccc2)nc(-c2ccc3oc4ccccc4c3c2)nc1-c1ccc2ccc(-c3cccc4oc5ccc(-c6cc7ccccc7c7ccccc67)cc5c34)cc2c1. The zero-order valence-corrected chi connectivity index (χ0v) is 35.0. The molecule has 13 rings (SSSR count). The summed E-state index contributed by atoms with van der Waals surface area (Å²) in [6, 6.07) is 71.2. The van der Waals surface area contributed by atoms with E-state index in [2.05, 4.69) is 189 Å².